The molecular formula is C11H17BrClN3. The monoisotopic (exact) mass is 305 g/mol. The molecule has 1 unspecified atom stereocenters. The first-order chi connectivity index (χ1) is 7.58. The van der Waals surface area contributed by atoms with Gasteiger partial charge in [-0.2, -0.15) is 0 Å². The fraction of sp³-hybridized carbons (Fsp3) is 0.545. The predicted molar refractivity (Wildman–Crippen MR) is 73.1 cm³/mol. The molecule has 1 atom stereocenters. The molecule has 0 aliphatic carbocycles. The van der Waals surface area contributed by atoms with Crippen LogP contribution in [-0.2, 0) is 0 Å². The number of halogens is 2. The van der Waals surface area contributed by atoms with Gasteiger partial charge in [0.2, 0.25) is 0 Å². The molecule has 1 heterocycles. The van der Waals surface area contributed by atoms with E-state index in [9.17, 15) is 0 Å². The second-order valence-corrected chi connectivity index (χ2v) is 5.16. The first-order valence-electron chi connectivity index (χ1n) is 5.34. The van der Waals surface area contributed by atoms with Crippen LogP contribution < -0.4 is 10.6 Å². The molecule has 0 radical (unpaired) electrons. The molecule has 0 aromatic carbocycles. The van der Waals surface area contributed by atoms with Gasteiger partial charge in [0.05, 0.1) is 5.02 Å². The van der Waals surface area contributed by atoms with E-state index in [1.807, 2.05) is 6.07 Å². The molecule has 0 saturated heterocycles. The summed E-state index contributed by atoms with van der Waals surface area (Å²) in [6.07, 6.45) is 1.76. The predicted octanol–water partition coefficient (Wildman–Crippen LogP) is 2.92. The molecule has 1 aromatic rings. The second kappa shape index (κ2) is 6.42. The van der Waals surface area contributed by atoms with E-state index in [0.717, 1.165) is 23.4 Å². The van der Waals surface area contributed by atoms with E-state index in [1.54, 1.807) is 6.20 Å². The van der Waals surface area contributed by atoms with Crippen molar-refractivity contribution in [2.45, 2.75) is 13.8 Å². The number of anilines is 1. The van der Waals surface area contributed by atoms with Gasteiger partial charge in [-0.05, 0) is 41.4 Å². The van der Waals surface area contributed by atoms with Gasteiger partial charge in [0, 0.05) is 23.8 Å². The van der Waals surface area contributed by atoms with E-state index in [0.29, 0.717) is 17.5 Å². The van der Waals surface area contributed by atoms with Crippen LogP contribution >= 0.6 is 27.5 Å². The highest BCUT2D eigenvalue weighted by atomic mass is 79.9. The van der Waals surface area contributed by atoms with Gasteiger partial charge in [0.25, 0.3) is 0 Å². The Kier molecular flexibility index (Phi) is 5.52. The van der Waals surface area contributed by atoms with Crippen molar-refractivity contribution in [1.82, 2.24) is 4.98 Å². The van der Waals surface area contributed by atoms with E-state index < -0.39 is 0 Å². The largest absolute Gasteiger partial charge is 0.355 e. The van der Waals surface area contributed by atoms with Crippen molar-refractivity contribution in [1.29, 1.82) is 0 Å². The molecule has 1 rings (SSSR count). The summed E-state index contributed by atoms with van der Waals surface area (Å²) in [5.41, 5.74) is 5.63. The summed E-state index contributed by atoms with van der Waals surface area (Å²) in [4.78, 5) is 6.49. The minimum absolute atomic E-state index is 0.432. The quantitative estimate of drug-likeness (QED) is 0.909. The maximum Gasteiger partial charge on any atom is 0.147 e. The second-order valence-electron chi connectivity index (χ2n) is 3.84. The zero-order chi connectivity index (χ0) is 12.1. The lowest BCUT2D eigenvalue weighted by Gasteiger charge is -2.25. The Labute approximate surface area is 110 Å². The number of nitrogens with two attached hydrogens (primary N) is 1. The van der Waals surface area contributed by atoms with Gasteiger partial charge in [-0.15, -0.1) is 0 Å². The Balaban J connectivity index is 2.86. The Morgan fingerprint density at radius 3 is 2.81 bits per heavy atom. The van der Waals surface area contributed by atoms with E-state index in [2.05, 4.69) is 39.7 Å². The van der Waals surface area contributed by atoms with Crippen LogP contribution in [0.25, 0.3) is 0 Å². The van der Waals surface area contributed by atoms with Gasteiger partial charge in [-0.1, -0.05) is 18.5 Å². The Hall–Kier alpha value is -0.320. The third-order valence-corrected chi connectivity index (χ3v) is 3.12. The average molecular weight is 307 g/mol. The standard InChI is InChI=1S/C11H17BrClN3/c1-3-16(7-8(2)5-14)11-10(13)4-9(12)6-15-11/h4,6,8H,3,5,7,14H2,1-2H3. The van der Waals surface area contributed by atoms with Crippen LogP contribution in [0.5, 0.6) is 0 Å². The molecule has 5 heteroatoms. The third-order valence-electron chi connectivity index (χ3n) is 2.40. The van der Waals surface area contributed by atoms with Crippen LogP contribution in [0.1, 0.15) is 13.8 Å². The summed E-state index contributed by atoms with van der Waals surface area (Å²) in [6.45, 7) is 6.63. The van der Waals surface area contributed by atoms with Crippen molar-refractivity contribution in [2.75, 3.05) is 24.5 Å². The first kappa shape index (κ1) is 13.7. The molecule has 0 aliphatic rings. The SMILES string of the molecule is CCN(CC(C)CN)c1ncc(Br)cc1Cl. The topological polar surface area (TPSA) is 42.1 Å². The molecule has 0 aliphatic heterocycles. The van der Waals surface area contributed by atoms with Crippen LogP contribution in [-0.4, -0.2) is 24.6 Å². The lowest BCUT2D eigenvalue weighted by Crippen LogP contribution is -2.32. The Morgan fingerprint density at radius 1 is 1.62 bits per heavy atom. The fourth-order valence-electron chi connectivity index (χ4n) is 1.46. The Morgan fingerprint density at radius 2 is 2.31 bits per heavy atom. The highest BCUT2D eigenvalue weighted by Crippen LogP contribution is 2.26. The highest BCUT2D eigenvalue weighted by molar-refractivity contribution is 9.10. The van der Waals surface area contributed by atoms with Gasteiger partial charge in [-0.3, -0.25) is 0 Å². The maximum absolute atomic E-state index is 6.16. The number of hydrogen-bond acceptors (Lipinski definition) is 3. The maximum atomic E-state index is 6.16. The fourth-order valence-corrected chi connectivity index (χ4v) is 2.21. The molecule has 0 fully saturated rings. The smallest absolute Gasteiger partial charge is 0.147 e. The number of nitrogens with zero attached hydrogens (tertiary/aromatic N) is 2. The number of hydrogen-bond donors (Lipinski definition) is 1. The van der Waals surface area contributed by atoms with Crippen molar-refractivity contribution in [3.05, 3.63) is 21.8 Å². The van der Waals surface area contributed by atoms with Gasteiger partial charge in [-0.25, -0.2) is 4.98 Å². The van der Waals surface area contributed by atoms with E-state index in [1.165, 1.54) is 0 Å². The summed E-state index contributed by atoms with van der Waals surface area (Å²) in [6, 6.07) is 1.86. The van der Waals surface area contributed by atoms with Crippen molar-refractivity contribution in [3.8, 4) is 0 Å². The normalized spacial score (nSPS) is 12.6. The highest BCUT2D eigenvalue weighted by Gasteiger charge is 2.13. The van der Waals surface area contributed by atoms with Crippen molar-refractivity contribution in [2.24, 2.45) is 11.7 Å². The lowest BCUT2D eigenvalue weighted by molar-refractivity contribution is 0.573. The molecule has 2 N–H and O–H groups in total. The molecule has 3 nitrogen and oxygen atoms in total. The molecule has 0 amide bonds. The van der Waals surface area contributed by atoms with Gasteiger partial charge >= 0.3 is 0 Å². The first-order valence-corrected chi connectivity index (χ1v) is 6.51. The molecule has 90 valence electrons. The van der Waals surface area contributed by atoms with Crippen molar-refractivity contribution >= 4 is 33.3 Å². The van der Waals surface area contributed by atoms with E-state index in [-0.39, 0.29) is 0 Å². The van der Waals surface area contributed by atoms with Gasteiger partial charge in [0.15, 0.2) is 0 Å². The molecule has 0 spiro atoms. The summed E-state index contributed by atoms with van der Waals surface area (Å²) in [7, 11) is 0. The lowest BCUT2D eigenvalue weighted by atomic mass is 10.1. The zero-order valence-corrected chi connectivity index (χ0v) is 11.9. The summed E-state index contributed by atoms with van der Waals surface area (Å²) in [5.74, 6) is 1.26. The zero-order valence-electron chi connectivity index (χ0n) is 9.58. The number of aromatic nitrogens is 1. The minimum Gasteiger partial charge on any atom is -0.355 e. The summed E-state index contributed by atoms with van der Waals surface area (Å²) < 4.78 is 0.893. The van der Waals surface area contributed by atoms with Gasteiger partial charge < -0.3 is 10.6 Å². The Bertz CT molecular complexity index is 346. The van der Waals surface area contributed by atoms with Crippen LogP contribution in [0.3, 0.4) is 0 Å². The van der Waals surface area contributed by atoms with Crippen LogP contribution in [0.2, 0.25) is 5.02 Å². The molecule has 0 saturated carbocycles. The molecular weight excluding hydrogens is 289 g/mol. The van der Waals surface area contributed by atoms with Crippen molar-refractivity contribution < 1.29 is 0 Å². The molecule has 0 bridgehead atoms. The van der Waals surface area contributed by atoms with Gasteiger partial charge in [0.1, 0.15) is 5.82 Å². The molecule has 16 heavy (non-hydrogen) atoms. The van der Waals surface area contributed by atoms with Crippen LogP contribution in [0.15, 0.2) is 16.7 Å². The molecule has 1 aromatic heterocycles. The van der Waals surface area contributed by atoms with Crippen molar-refractivity contribution in [3.63, 3.8) is 0 Å². The van der Waals surface area contributed by atoms with E-state index in [4.69, 9.17) is 17.3 Å². The summed E-state index contributed by atoms with van der Waals surface area (Å²) in [5, 5.41) is 0.667. The number of rotatable bonds is 5. The van der Waals surface area contributed by atoms with Crippen LogP contribution in [0, 0.1) is 5.92 Å². The third kappa shape index (κ3) is 3.61. The summed E-state index contributed by atoms with van der Waals surface area (Å²) >= 11 is 9.51. The van der Waals surface area contributed by atoms with E-state index >= 15 is 0 Å². The minimum atomic E-state index is 0.432. The number of pyridine rings is 1. The van der Waals surface area contributed by atoms with Crippen LogP contribution in [0.4, 0.5) is 5.82 Å². The average Bonchev–Trinajstić information content (AvgIpc) is 2.26.